The van der Waals surface area contributed by atoms with E-state index >= 15 is 0 Å². The number of carboxylic acids is 1. The van der Waals surface area contributed by atoms with Crippen LogP contribution in [0.3, 0.4) is 0 Å². The molecule has 2 rings (SSSR count). The van der Waals surface area contributed by atoms with Crippen LogP contribution in [0.2, 0.25) is 0 Å². The van der Waals surface area contributed by atoms with Crippen LogP contribution in [0, 0.1) is 0 Å². The third kappa shape index (κ3) is 4.24. The predicted octanol–water partition coefficient (Wildman–Crippen LogP) is 4.18. The molecule has 2 aromatic carbocycles. The maximum Gasteiger partial charge on any atom is 0.353 e. The van der Waals surface area contributed by atoms with Crippen LogP contribution >= 0.6 is 0 Å². The Kier molecular flexibility index (Phi) is 5.83. The van der Waals surface area contributed by atoms with E-state index in [1.54, 1.807) is 13.0 Å². The molecule has 144 valence electrons. The van der Waals surface area contributed by atoms with Crippen molar-refractivity contribution in [2.75, 3.05) is 11.9 Å². The number of nitrogens with one attached hydrogen (secondary N) is 1. The summed E-state index contributed by atoms with van der Waals surface area (Å²) < 4.78 is 34.4. The number of hydrogen-bond acceptors (Lipinski definition) is 3. The van der Waals surface area contributed by atoms with Crippen molar-refractivity contribution in [3.63, 3.8) is 0 Å². The van der Waals surface area contributed by atoms with E-state index in [-0.39, 0.29) is 18.0 Å². The molecule has 0 unspecified atom stereocenters. The minimum absolute atomic E-state index is 0.0568. The quantitative estimate of drug-likeness (QED) is 0.759. The van der Waals surface area contributed by atoms with Gasteiger partial charge in [0, 0.05) is 5.69 Å². The Morgan fingerprint density at radius 2 is 1.67 bits per heavy atom. The SMILES string of the molecule is CCOc1ccccc1C(F)(F)C(=O)Nc1ccc(C(C)(C)C(=O)O)cc1. The van der Waals surface area contributed by atoms with Gasteiger partial charge in [-0.2, -0.15) is 8.78 Å². The first-order valence-electron chi connectivity index (χ1n) is 8.36. The third-order valence-corrected chi connectivity index (χ3v) is 4.21. The van der Waals surface area contributed by atoms with Crippen molar-refractivity contribution < 1.29 is 28.2 Å². The molecule has 0 aromatic heterocycles. The van der Waals surface area contributed by atoms with Gasteiger partial charge in [0.15, 0.2) is 0 Å². The maximum atomic E-state index is 14.6. The number of para-hydroxylation sites is 1. The van der Waals surface area contributed by atoms with Crippen molar-refractivity contribution in [2.45, 2.75) is 32.1 Å². The van der Waals surface area contributed by atoms with Gasteiger partial charge in [0.05, 0.1) is 17.6 Å². The summed E-state index contributed by atoms with van der Waals surface area (Å²) in [5.41, 5.74) is -1.03. The Labute approximate surface area is 156 Å². The Balaban J connectivity index is 2.23. The summed E-state index contributed by atoms with van der Waals surface area (Å²) >= 11 is 0. The zero-order chi connectivity index (χ0) is 20.2. The molecule has 0 saturated heterocycles. The highest BCUT2D eigenvalue weighted by atomic mass is 19.3. The van der Waals surface area contributed by atoms with Gasteiger partial charge in [0.2, 0.25) is 0 Å². The zero-order valence-corrected chi connectivity index (χ0v) is 15.3. The lowest BCUT2D eigenvalue weighted by Crippen LogP contribution is -2.33. The van der Waals surface area contributed by atoms with E-state index in [1.807, 2.05) is 0 Å². The largest absolute Gasteiger partial charge is 0.493 e. The minimum atomic E-state index is -3.80. The normalized spacial score (nSPS) is 11.7. The van der Waals surface area contributed by atoms with Gasteiger partial charge in [-0.15, -0.1) is 0 Å². The number of carbonyl (C=O) groups excluding carboxylic acids is 1. The lowest BCUT2D eigenvalue weighted by Gasteiger charge is -2.21. The summed E-state index contributed by atoms with van der Waals surface area (Å²) in [5.74, 6) is -6.37. The molecule has 0 aliphatic carbocycles. The van der Waals surface area contributed by atoms with Crippen molar-refractivity contribution in [3.05, 3.63) is 59.7 Å². The van der Waals surface area contributed by atoms with Gasteiger partial charge in [0.1, 0.15) is 5.75 Å². The summed E-state index contributed by atoms with van der Waals surface area (Å²) in [6.45, 7) is 4.91. The second-order valence-corrected chi connectivity index (χ2v) is 6.47. The predicted molar refractivity (Wildman–Crippen MR) is 97.2 cm³/mol. The van der Waals surface area contributed by atoms with Crippen LogP contribution in [0.5, 0.6) is 5.75 Å². The standard InChI is InChI=1S/C20H21F2NO4/c1-4-27-16-8-6-5-7-15(16)20(21,22)17(24)23-14-11-9-13(10-12-14)19(2,3)18(25)26/h5-12H,4H2,1-3H3,(H,23,24)(H,25,26). The van der Waals surface area contributed by atoms with Gasteiger partial charge in [-0.1, -0.05) is 24.3 Å². The van der Waals surface area contributed by atoms with Crippen LogP contribution in [0.15, 0.2) is 48.5 Å². The average Bonchev–Trinajstić information content (AvgIpc) is 2.62. The molecular weight excluding hydrogens is 356 g/mol. The highest BCUT2D eigenvalue weighted by molar-refractivity contribution is 5.97. The molecule has 2 aromatic rings. The van der Waals surface area contributed by atoms with Crippen molar-refractivity contribution in [1.82, 2.24) is 0 Å². The monoisotopic (exact) mass is 377 g/mol. The number of alkyl halides is 2. The number of carboxylic acid groups (broad SMARTS) is 1. The van der Waals surface area contributed by atoms with E-state index in [0.29, 0.717) is 5.56 Å². The molecule has 27 heavy (non-hydrogen) atoms. The van der Waals surface area contributed by atoms with Gasteiger partial charge >= 0.3 is 11.9 Å². The Morgan fingerprint density at radius 1 is 1.07 bits per heavy atom. The van der Waals surface area contributed by atoms with Gasteiger partial charge < -0.3 is 15.2 Å². The van der Waals surface area contributed by atoms with Crippen molar-refractivity contribution in [1.29, 1.82) is 0 Å². The molecule has 0 atom stereocenters. The number of amides is 1. The first-order valence-corrected chi connectivity index (χ1v) is 8.36. The molecule has 0 saturated carbocycles. The smallest absolute Gasteiger partial charge is 0.353 e. The summed E-state index contributed by atoms with van der Waals surface area (Å²) in [7, 11) is 0. The van der Waals surface area contributed by atoms with E-state index in [0.717, 1.165) is 6.07 Å². The Morgan fingerprint density at radius 3 is 2.22 bits per heavy atom. The lowest BCUT2D eigenvalue weighted by molar-refractivity contribution is -0.142. The number of carbonyl (C=O) groups is 2. The Hall–Kier alpha value is -2.96. The van der Waals surface area contributed by atoms with E-state index < -0.39 is 28.8 Å². The van der Waals surface area contributed by atoms with E-state index in [4.69, 9.17) is 4.74 Å². The number of hydrogen-bond donors (Lipinski definition) is 2. The number of aliphatic carboxylic acids is 1. The van der Waals surface area contributed by atoms with Gasteiger partial charge in [-0.25, -0.2) is 0 Å². The fourth-order valence-corrected chi connectivity index (χ4v) is 2.43. The van der Waals surface area contributed by atoms with E-state index in [2.05, 4.69) is 5.32 Å². The highest BCUT2D eigenvalue weighted by Gasteiger charge is 2.43. The molecule has 0 fully saturated rings. The summed E-state index contributed by atoms with van der Waals surface area (Å²) in [4.78, 5) is 23.4. The molecule has 0 aliphatic heterocycles. The summed E-state index contributed by atoms with van der Waals surface area (Å²) in [6.07, 6.45) is 0. The molecule has 0 bridgehead atoms. The molecule has 0 spiro atoms. The van der Waals surface area contributed by atoms with Gasteiger partial charge in [-0.05, 0) is 50.6 Å². The van der Waals surface area contributed by atoms with E-state index in [9.17, 15) is 23.5 Å². The second-order valence-electron chi connectivity index (χ2n) is 6.47. The van der Waals surface area contributed by atoms with Crippen LogP contribution < -0.4 is 10.1 Å². The molecule has 5 nitrogen and oxygen atoms in total. The first-order chi connectivity index (χ1) is 12.6. The number of ether oxygens (including phenoxy) is 1. The molecule has 0 heterocycles. The average molecular weight is 377 g/mol. The highest BCUT2D eigenvalue weighted by Crippen LogP contribution is 2.36. The molecule has 0 aliphatic rings. The number of halogens is 2. The lowest BCUT2D eigenvalue weighted by atomic mass is 9.85. The molecule has 2 N–H and O–H groups in total. The molecular formula is C20H21F2NO4. The number of anilines is 1. The fraction of sp³-hybridized carbons (Fsp3) is 0.300. The van der Waals surface area contributed by atoms with Crippen LogP contribution in [-0.2, 0) is 20.9 Å². The minimum Gasteiger partial charge on any atom is -0.493 e. The van der Waals surface area contributed by atoms with Crippen molar-refractivity contribution in [3.8, 4) is 5.75 Å². The Bertz CT molecular complexity index is 832. The first kappa shape index (κ1) is 20.4. The van der Waals surface area contributed by atoms with Gasteiger partial charge in [0.25, 0.3) is 5.91 Å². The molecule has 7 heteroatoms. The maximum absolute atomic E-state index is 14.6. The zero-order valence-electron chi connectivity index (χ0n) is 15.3. The molecule has 0 radical (unpaired) electrons. The van der Waals surface area contributed by atoms with E-state index in [1.165, 1.54) is 50.2 Å². The molecule has 1 amide bonds. The van der Waals surface area contributed by atoms with Crippen molar-refractivity contribution >= 4 is 17.6 Å². The van der Waals surface area contributed by atoms with Crippen LogP contribution in [-0.4, -0.2) is 23.6 Å². The van der Waals surface area contributed by atoms with Gasteiger partial charge in [-0.3, -0.25) is 9.59 Å². The van der Waals surface area contributed by atoms with Crippen LogP contribution in [0.4, 0.5) is 14.5 Å². The number of benzene rings is 2. The fourth-order valence-electron chi connectivity index (χ4n) is 2.43. The van der Waals surface area contributed by atoms with Crippen LogP contribution in [0.25, 0.3) is 0 Å². The second kappa shape index (κ2) is 7.73. The topological polar surface area (TPSA) is 75.6 Å². The summed E-state index contributed by atoms with van der Waals surface area (Å²) in [5, 5.41) is 11.4. The summed E-state index contributed by atoms with van der Waals surface area (Å²) in [6, 6.07) is 11.2. The third-order valence-electron chi connectivity index (χ3n) is 4.21. The van der Waals surface area contributed by atoms with Crippen LogP contribution in [0.1, 0.15) is 31.9 Å². The number of rotatable bonds is 7. The van der Waals surface area contributed by atoms with Crippen molar-refractivity contribution in [2.24, 2.45) is 0 Å².